The van der Waals surface area contributed by atoms with Gasteiger partial charge in [-0.05, 0) is 26.2 Å². The molecule has 2 atom stereocenters. The number of hydrogen-bond donors (Lipinski definition) is 0. The van der Waals surface area contributed by atoms with Crippen molar-refractivity contribution in [3.63, 3.8) is 0 Å². The zero-order chi connectivity index (χ0) is 7.40. The van der Waals surface area contributed by atoms with Crippen LogP contribution in [0.4, 0.5) is 0 Å². The number of methoxy groups -OCH3 is 1. The van der Waals surface area contributed by atoms with E-state index in [0.29, 0.717) is 12.2 Å². The fourth-order valence-corrected chi connectivity index (χ4v) is 1.50. The minimum Gasteiger partial charge on any atom is -0.381 e. The van der Waals surface area contributed by atoms with Crippen LogP contribution in [-0.2, 0) is 9.47 Å². The fourth-order valence-electron chi connectivity index (χ4n) is 1.50. The first-order chi connectivity index (χ1) is 4.86. The van der Waals surface area contributed by atoms with Crippen molar-refractivity contribution in [2.75, 3.05) is 13.7 Å². The highest BCUT2D eigenvalue weighted by Gasteiger charge is 2.24. The summed E-state index contributed by atoms with van der Waals surface area (Å²) in [6.45, 7) is 2.88. The Morgan fingerprint density at radius 3 is 2.50 bits per heavy atom. The summed E-state index contributed by atoms with van der Waals surface area (Å²) >= 11 is 0. The summed E-state index contributed by atoms with van der Waals surface area (Å²) in [6.07, 6.45) is 4.35. The van der Waals surface area contributed by atoms with Gasteiger partial charge in [0.2, 0.25) is 0 Å². The molecule has 1 aliphatic rings. The van der Waals surface area contributed by atoms with Gasteiger partial charge in [0.15, 0.2) is 0 Å². The van der Waals surface area contributed by atoms with Gasteiger partial charge in [0.05, 0.1) is 12.2 Å². The summed E-state index contributed by atoms with van der Waals surface area (Å²) in [5, 5.41) is 0. The Kier molecular flexibility index (Phi) is 3.16. The van der Waals surface area contributed by atoms with E-state index in [0.717, 1.165) is 13.0 Å². The highest BCUT2D eigenvalue weighted by Crippen LogP contribution is 2.23. The molecular weight excluding hydrogens is 128 g/mol. The Labute approximate surface area is 62.5 Å². The molecule has 0 aromatic carbocycles. The first kappa shape index (κ1) is 8.02. The number of rotatable bonds is 3. The van der Waals surface area contributed by atoms with Gasteiger partial charge in [-0.3, -0.25) is 0 Å². The van der Waals surface area contributed by atoms with Crippen molar-refractivity contribution >= 4 is 0 Å². The molecule has 1 aliphatic carbocycles. The van der Waals surface area contributed by atoms with Crippen LogP contribution in [0, 0.1) is 0 Å². The summed E-state index contributed by atoms with van der Waals surface area (Å²) in [5.74, 6) is 0. The van der Waals surface area contributed by atoms with Crippen LogP contribution in [-0.4, -0.2) is 25.9 Å². The van der Waals surface area contributed by atoms with E-state index in [2.05, 4.69) is 0 Å². The molecule has 0 N–H and O–H groups in total. The molecule has 0 aliphatic heterocycles. The molecule has 1 saturated carbocycles. The third-order valence-electron chi connectivity index (χ3n) is 2.07. The summed E-state index contributed by atoms with van der Waals surface area (Å²) in [4.78, 5) is 0. The van der Waals surface area contributed by atoms with E-state index >= 15 is 0 Å². The normalized spacial score (nSPS) is 33.0. The molecule has 0 saturated heterocycles. The first-order valence-corrected chi connectivity index (χ1v) is 4.01. The van der Waals surface area contributed by atoms with E-state index in [1.54, 1.807) is 7.11 Å². The average Bonchev–Trinajstić information content (AvgIpc) is 2.37. The van der Waals surface area contributed by atoms with E-state index in [4.69, 9.17) is 9.47 Å². The van der Waals surface area contributed by atoms with E-state index in [1.807, 2.05) is 6.92 Å². The standard InChI is InChI=1S/C8H16O2/c1-3-10-8-5-4-7(6-8)9-2/h7-8H,3-6H2,1-2H3/t7-,8-/m1/s1. The highest BCUT2D eigenvalue weighted by molar-refractivity contribution is 4.75. The molecule has 2 heteroatoms. The molecule has 1 fully saturated rings. The second kappa shape index (κ2) is 3.94. The molecule has 1 rings (SSSR count). The van der Waals surface area contributed by atoms with Gasteiger partial charge in [0, 0.05) is 13.7 Å². The Bertz CT molecular complexity index is 93.3. The highest BCUT2D eigenvalue weighted by atomic mass is 16.5. The van der Waals surface area contributed by atoms with E-state index in [1.165, 1.54) is 12.8 Å². The smallest absolute Gasteiger partial charge is 0.0600 e. The molecule has 0 aromatic rings. The van der Waals surface area contributed by atoms with Crippen LogP contribution in [0.15, 0.2) is 0 Å². The molecule has 10 heavy (non-hydrogen) atoms. The fraction of sp³-hybridized carbons (Fsp3) is 1.00. The van der Waals surface area contributed by atoms with Crippen LogP contribution < -0.4 is 0 Å². The van der Waals surface area contributed by atoms with Gasteiger partial charge in [-0.15, -0.1) is 0 Å². The molecule has 0 aromatic heterocycles. The minimum absolute atomic E-state index is 0.455. The lowest BCUT2D eigenvalue weighted by atomic mass is 10.3. The SMILES string of the molecule is CCO[C@@H]1CC[C@@H](OC)C1. The Morgan fingerprint density at radius 2 is 2.00 bits per heavy atom. The summed E-state index contributed by atoms with van der Waals surface area (Å²) in [7, 11) is 1.78. The van der Waals surface area contributed by atoms with Gasteiger partial charge >= 0.3 is 0 Å². The van der Waals surface area contributed by atoms with Crippen LogP contribution in [0.1, 0.15) is 26.2 Å². The maximum absolute atomic E-state index is 5.45. The second-order valence-electron chi connectivity index (χ2n) is 2.75. The molecule has 0 bridgehead atoms. The molecule has 0 amide bonds. The van der Waals surface area contributed by atoms with Crippen molar-refractivity contribution in [1.29, 1.82) is 0 Å². The molecule has 0 unspecified atom stereocenters. The lowest BCUT2D eigenvalue weighted by Gasteiger charge is -2.09. The minimum atomic E-state index is 0.455. The Hall–Kier alpha value is -0.0800. The third kappa shape index (κ3) is 1.96. The summed E-state index contributed by atoms with van der Waals surface area (Å²) < 4.78 is 10.7. The molecule has 0 spiro atoms. The van der Waals surface area contributed by atoms with Crippen LogP contribution in [0.2, 0.25) is 0 Å². The predicted molar refractivity (Wildman–Crippen MR) is 40.1 cm³/mol. The van der Waals surface area contributed by atoms with Gasteiger partial charge in [0.25, 0.3) is 0 Å². The zero-order valence-corrected chi connectivity index (χ0v) is 6.80. The Morgan fingerprint density at radius 1 is 1.30 bits per heavy atom. The van der Waals surface area contributed by atoms with Gasteiger partial charge in [0.1, 0.15) is 0 Å². The van der Waals surface area contributed by atoms with Crippen molar-refractivity contribution in [2.24, 2.45) is 0 Å². The lowest BCUT2D eigenvalue weighted by Crippen LogP contribution is -2.10. The lowest BCUT2D eigenvalue weighted by molar-refractivity contribution is 0.0453. The van der Waals surface area contributed by atoms with Crippen LogP contribution in [0.5, 0.6) is 0 Å². The molecule has 0 heterocycles. The molecule has 2 nitrogen and oxygen atoms in total. The van der Waals surface area contributed by atoms with Crippen molar-refractivity contribution in [3.8, 4) is 0 Å². The van der Waals surface area contributed by atoms with Crippen molar-refractivity contribution < 1.29 is 9.47 Å². The van der Waals surface area contributed by atoms with Crippen LogP contribution >= 0.6 is 0 Å². The van der Waals surface area contributed by atoms with Gasteiger partial charge in [-0.25, -0.2) is 0 Å². The quantitative estimate of drug-likeness (QED) is 0.599. The summed E-state index contributed by atoms with van der Waals surface area (Å²) in [6, 6.07) is 0. The Balaban J connectivity index is 2.15. The molecular formula is C8H16O2. The van der Waals surface area contributed by atoms with Crippen molar-refractivity contribution in [1.82, 2.24) is 0 Å². The van der Waals surface area contributed by atoms with E-state index in [9.17, 15) is 0 Å². The third-order valence-corrected chi connectivity index (χ3v) is 2.07. The average molecular weight is 144 g/mol. The topological polar surface area (TPSA) is 18.5 Å². The second-order valence-corrected chi connectivity index (χ2v) is 2.75. The number of ether oxygens (including phenoxy) is 2. The monoisotopic (exact) mass is 144 g/mol. The van der Waals surface area contributed by atoms with E-state index < -0.39 is 0 Å². The largest absolute Gasteiger partial charge is 0.381 e. The van der Waals surface area contributed by atoms with Gasteiger partial charge in [-0.1, -0.05) is 0 Å². The first-order valence-electron chi connectivity index (χ1n) is 4.01. The van der Waals surface area contributed by atoms with Gasteiger partial charge in [-0.2, -0.15) is 0 Å². The summed E-state index contributed by atoms with van der Waals surface area (Å²) in [5.41, 5.74) is 0. The molecule has 60 valence electrons. The van der Waals surface area contributed by atoms with Crippen LogP contribution in [0.3, 0.4) is 0 Å². The van der Waals surface area contributed by atoms with Crippen LogP contribution in [0.25, 0.3) is 0 Å². The van der Waals surface area contributed by atoms with Crippen molar-refractivity contribution in [2.45, 2.75) is 38.4 Å². The maximum atomic E-state index is 5.45. The predicted octanol–water partition coefficient (Wildman–Crippen LogP) is 1.59. The number of hydrogen-bond acceptors (Lipinski definition) is 2. The van der Waals surface area contributed by atoms with Gasteiger partial charge < -0.3 is 9.47 Å². The van der Waals surface area contributed by atoms with Crippen molar-refractivity contribution in [3.05, 3.63) is 0 Å². The zero-order valence-electron chi connectivity index (χ0n) is 6.80. The van der Waals surface area contributed by atoms with E-state index in [-0.39, 0.29) is 0 Å². The molecule has 0 radical (unpaired) electrons. The maximum Gasteiger partial charge on any atom is 0.0600 e.